The van der Waals surface area contributed by atoms with Crippen molar-refractivity contribution in [2.75, 3.05) is 0 Å². The van der Waals surface area contributed by atoms with Crippen molar-refractivity contribution >= 4 is 5.78 Å². The lowest BCUT2D eigenvalue weighted by atomic mass is 9.81. The van der Waals surface area contributed by atoms with Crippen molar-refractivity contribution in [3.8, 4) is 5.75 Å². The van der Waals surface area contributed by atoms with Gasteiger partial charge in [-0.1, -0.05) is 6.42 Å². The maximum Gasteiger partial charge on any atom is 0.166 e. The lowest BCUT2D eigenvalue weighted by molar-refractivity contribution is 0.0881. The van der Waals surface area contributed by atoms with E-state index < -0.39 is 0 Å². The number of ketones is 1. The highest BCUT2D eigenvalue weighted by Gasteiger charge is 2.26. The fraction of sp³-hybridized carbons (Fsp3) is 0.562. The zero-order valence-corrected chi connectivity index (χ0v) is 11.2. The smallest absolute Gasteiger partial charge is 0.166 e. The number of rotatable bonds is 4. The number of hydrogen-bond donors (Lipinski definition) is 1. The summed E-state index contributed by atoms with van der Waals surface area (Å²) in [6.45, 7) is 0. The summed E-state index contributed by atoms with van der Waals surface area (Å²) >= 11 is 0. The van der Waals surface area contributed by atoms with Gasteiger partial charge in [0.15, 0.2) is 5.78 Å². The Kier molecular flexibility index (Phi) is 3.56. The van der Waals surface area contributed by atoms with Crippen molar-refractivity contribution in [2.24, 2.45) is 11.7 Å². The Labute approximate surface area is 114 Å². The monoisotopic (exact) mass is 259 g/mol. The van der Waals surface area contributed by atoms with Crippen LogP contribution in [0.3, 0.4) is 0 Å². The molecule has 0 amide bonds. The highest BCUT2D eigenvalue weighted by Crippen LogP contribution is 2.29. The van der Waals surface area contributed by atoms with Crippen LogP contribution in [0.1, 0.15) is 48.9 Å². The van der Waals surface area contributed by atoms with Crippen LogP contribution in [0.2, 0.25) is 0 Å². The summed E-state index contributed by atoms with van der Waals surface area (Å²) in [6.07, 6.45) is 6.64. The number of carbonyl (C=O) groups excluding carboxylic acids is 1. The Hall–Kier alpha value is -1.35. The molecule has 0 aromatic heterocycles. The molecule has 0 aliphatic heterocycles. The molecule has 2 unspecified atom stereocenters. The number of carbonyl (C=O) groups is 1. The van der Waals surface area contributed by atoms with Crippen molar-refractivity contribution in [1.29, 1.82) is 0 Å². The molecule has 0 bridgehead atoms. The fourth-order valence-corrected chi connectivity index (χ4v) is 2.78. The lowest BCUT2D eigenvalue weighted by Crippen LogP contribution is -2.31. The minimum absolute atomic E-state index is 0.110. The zero-order valence-electron chi connectivity index (χ0n) is 11.2. The molecule has 2 N–H and O–H groups in total. The number of hydrogen-bond acceptors (Lipinski definition) is 3. The van der Waals surface area contributed by atoms with Gasteiger partial charge < -0.3 is 10.5 Å². The molecule has 3 nitrogen and oxygen atoms in total. The first-order valence-corrected chi connectivity index (χ1v) is 7.29. The summed E-state index contributed by atoms with van der Waals surface area (Å²) in [4.78, 5) is 12.4. The second kappa shape index (κ2) is 5.33. The summed E-state index contributed by atoms with van der Waals surface area (Å²) in [6, 6.07) is 7.79. The van der Waals surface area contributed by atoms with Gasteiger partial charge >= 0.3 is 0 Å². The third-order valence-corrected chi connectivity index (χ3v) is 4.05. The molecule has 0 spiro atoms. The number of ether oxygens (including phenoxy) is 1. The van der Waals surface area contributed by atoms with Crippen molar-refractivity contribution in [3.63, 3.8) is 0 Å². The van der Waals surface area contributed by atoms with Crippen molar-refractivity contribution in [2.45, 2.75) is 50.7 Å². The van der Waals surface area contributed by atoms with Gasteiger partial charge in [-0.3, -0.25) is 4.79 Å². The molecule has 2 aliphatic rings. The predicted molar refractivity (Wildman–Crippen MR) is 74.4 cm³/mol. The summed E-state index contributed by atoms with van der Waals surface area (Å²) < 4.78 is 5.69. The molecule has 0 saturated heterocycles. The summed E-state index contributed by atoms with van der Waals surface area (Å²) in [5, 5.41) is 0. The third-order valence-electron chi connectivity index (χ3n) is 4.05. The van der Waals surface area contributed by atoms with Gasteiger partial charge in [0, 0.05) is 17.5 Å². The molecular weight excluding hydrogens is 238 g/mol. The summed E-state index contributed by atoms with van der Waals surface area (Å²) in [5.74, 6) is 1.23. The summed E-state index contributed by atoms with van der Waals surface area (Å²) in [5.41, 5.74) is 6.75. The molecule has 3 heteroatoms. The van der Waals surface area contributed by atoms with Gasteiger partial charge in [-0.25, -0.2) is 0 Å². The Bertz CT molecular complexity index is 450. The third kappa shape index (κ3) is 3.16. The van der Waals surface area contributed by atoms with E-state index in [2.05, 4.69) is 0 Å². The van der Waals surface area contributed by atoms with Gasteiger partial charge in [0.25, 0.3) is 0 Å². The minimum Gasteiger partial charge on any atom is -0.490 e. The first-order chi connectivity index (χ1) is 9.22. The highest BCUT2D eigenvalue weighted by atomic mass is 16.5. The van der Waals surface area contributed by atoms with Crippen molar-refractivity contribution < 1.29 is 9.53 Å². The molecule has 102 valence electrons. The quantitative estimate of drug-likeness (QED) is 0.846. The average Bonchev–Trinajstić information content (AvgIpc) is 3.23. The van der Waals surface area contributed by atoms with Gasteiger partial charge in [-0.15, -0.1) is 0 Å². The van der Waals surface area contributed by atoms with Crippen molar-refractivity contribution in [1.82, 2.24) is 0 Å². The maximum absolute atomic E-state index is 12.4. The van der Waals surface area contributed by atoms with E-state index in [9.17, 15) is 4.79 Å². The van der Waals surface area contributed by atoms with E-state index in [4.69, 9.17) is 10.5 Å². The van der Waals surface area contributed by atoms with Gasteiger partial charge in [-0.2, -0.15) is 0 Å². The molecule has 2 atom stereocenters. The van der Waals surface area contributed by atoms with Crippen LogP contribution in [0.15, 0.2) is 24.3 Å². The molecule has 1 aromatic rings. The maximum atomic E-state index is 12.4. The first kappa shape index (κ1) is 12.7. The standard InChI is InChI=1S/C16H21NO2/c17-13-3-1-2-12(10-13)16(18)11-4-6-14(7-5-11)19-15-8-9-15/h4-7,12-13,15H,1-3,8-10,17H2. The van der Waals surface area contributed by atoms with Gasteiger partial charge in [-0.05, 0) is 56.4 Å². The first-order valence-electron chi connectivity index (χ1n) is 7.29. The van der Waals surface area contributed by atoms with E-state index >= 15 is 0 Å². The Morgan fingerprint density at radius 1 is 1.11 bits per heavy atom. The molecule has 0 radical (unpaired) electrons. The normalized spacial score (nSPS) is 27.0. The second-order valence-electron chi connectivity index (χ2n) is 5.83. The Balaban J connectivity index is 1.65. The molecule has 19 heavy (non-hydrogen) atoms. The molecular formula is C16H21NO2. The van der Waals surface area contributed by atoms with Crippen LogP contribution in [0.5, 0.6) is 5.75 Å². The van der Waals surface area contributed by atoms with E-state index in [1.165, 1.54) is 0 Å². The van der Waals surface area contributed by atoms with Crippen LogP contribution in [0.4, 0.5) is 0 Å². The van der Waals surface area contributed by atoms with Gasteiger partial charge in [0.2, 0.25) is 0 Å². The predicted octanol–water partition coefficient (Wildman–Crippen LogP) is 2.93. The largest absolute Gasteiger partial charge is 0.490 e. The van der Waals surface area contributed by atoms with Crippen LogP contribution in [0, 0.1) is 5.92 Å². The van der Waals surface area contributed by atoms with E-state index in [1.54, 1.807) is 0 Å². The number of benzene rings is 1. The number of nitrogens with two attached hydrogens (primary N) is 1. The molecule has 2 aliphatic carbocycles. The minimum atomic E-state index is 0.110. The Morgan fingerprint density at radius 2 is 1.84 bits per heavy atom. The van der Waals surface area contributed by atoms with E-state index in [0.717, 1.165) is 49.8 Å². The summed E-state index contributed by atoms with van der Waals surface area (Å²) in [7, 11) is 0. The Morgan fingerprint density at radius 3 is 2.47 bits per heavy atom. The molecule has 0 heterocycles. The van der Waals surface area contributed by atoms with Crippen molar-refractivity contribution in [3.05, 3.63) is 29.8 Å². The van der Waals surface area contributed by atoms with Crippen LogP contribution in [-0.4, -0.2) is 17.9 Å². The highest BCUT2D eigenvalue weighted by molar-refractivity contribution is 5.98. The average molecular weight is 259 g/mol. The SMILES string of the molecule is NC1CCCC(C(=O)c2ccc(OC3CC3)cc2)C1. The van der Waals surface area contributed by atoms with Crippen LogP contribution in [-0.2, 0) is 0 Å². The topological polar surface area (TPSA) is 52.3 Å². The molecule has 3 rings (SSSR count). The fourth-order valence-electron chi connectivity index (χ4n) is 2.78. The van der Waals surface area contributed by atoms with Gasteiger partial charge in [0.05, 0.1) is 6.10 Å². The van der Waals surface area contributed by atoms with E-state index in [0.29, 0.717) is 6.10 Å². The van der Waals surface area contributed by atoms with Crippen LogP contribution < -0.4 is 10.5 Å². The molecule has 2 saturated carbocycles. The molecule has 1 aromatic carbocycles. The second-order valence-corrected chi connectivity index (χ2v) is 5.83. The van der Waals surface area contributed by atoms with E-state index in [-0.39, 0.29) is 17.7 Å². The zero-order chi connectivity index (χ0) is 13.2. The van der Waals surface area contributed by atoms with E-state index in [1.807, 2.05) is 24.3 Å². The van der Waals surface area contributed by atoms with Crippen LogP contribution in [0.25, 0.3) is 0 Å². The molecule has 2 fully saturated rings. The number of Topliss-reactive ketones (excluding diaryl/α,β-unsaturated/α-hetero) is 1. The van der Waals surface area contributed by atoms with Crippen LogP contribution >= 0.6 is 0 Å². The van der Waals surface area contributed by atoms with Gasteiger partial charge in [0.1, 0.15) is 5.75 Å². The lowest BCUT2D eigenvalue weighted by Gasteiger charge is -2.25.